The van der Waals surface area contributed by atoms with E-state index in [-0.39, 0.29) is 5.56 Å². The number of hydrogen-bond donors (Lipinski definition) is 0. The van der Waals surface area contributed by atoms with Crippen molar-refractivity contribution in [1.82, 2.24) is 34.6 Å². The SMILES string of the molecule is CSc1nn2c(=O)cc(CN(C)Cc3nc(-c4ccccn4)no3)nc2s1. The van der Waals surface area contributed by atoms with E-state index in [1.54, 1.807) is 6.20 Å². The molecule has 27 heavy (non-hydrogen) atoms. The van der Waals surface area contributed by atoms with Crippen LogP contribution in [0.15, 0.2) is 44.1 Å². The van der Waals surface area contributed by atoms with E-state index in [2.05, 4.69) is 25.2 Å². The molecule has 0 amide bonds. The number of thioether (sulfide) groups is 1. The van der Waals surface area contributed by atoms with E-state index < -0.39 is 0 Å². The molecule has 0 aromatic carbocycles. The normalized spacial score (nSPS) is 11.5. The molecule has 0 radical (unpaired) electrons. The predicted octanol–water partition coefficient (Wildman–Crippen LogP) is 1.95. The Bertz CT molecular complexity index is 1120. The van der Waals surface area contributed by atoms with Crippen LogP contribution in [-0.4, -0.2) is 47.9 Å². The monoisotopic (exact) mass is 401 g/mol. The molecule has 11 heteroatoms. The second kappa shape index (κ2) is 7.55. The molecule has 138 valence electrons. The van der Waals surface area contributed by atoms with Crippen LogP contribution in [-0.2, 0) is 13.1 Å². The fourth-order valence-corrected chi connectivity index (χ4v) is 3.86. The summed E-state index contributed by atoms with van der Waals surface area (Å²) in [5.74, 6) is 0.921. The molecule has 4 heterocycles. The largest absolute Gasteiger partial charge is 0.337 e. The first kappa shape index (κ1) is 17.8. The average molecular weight is 401 g/mol. The smallest absolute Gasteiger partial charge is 0.275 e. The molecule has 9 nitrogen and oxygen atoms in total. The number of aromatic nitrogens is 6. The summed E-state index contributed by atoms with van der Waals surface area (Å²) in [7, 11) is 1.90. The maximum absolute atomic E-state index is 12.2. The van der Waals surface area contributed by atoms with Gasteiger partial charge in [-0.05, 0) is 25.4 Å². The summed E-state index contributed by atoms with van der Waals surface area (Å²) < 4.78 is 7.43. The van der Waals surface area contributed by atoms with Crippen molar-refractivity contribution in [1.29, 1.82) is 0 Å². The lowest BCUT2D eigenvalue weighted by atomic mass is 10.3. The van der Waals surface area contributed by atoms with E-state index in [4.69, 9.17) is 4.52 Å². The van der Waals surface area contributed by atoms with E-state index >= 15 is 0 Å². The first-order valence-corrected chi connectivity index (χ1v) is 10.0. The maximum Gasteiger partial charge on any atom is 0.275 e. The molecule has 0 saturated carbocycles. The van der Waals surface area contributed by atoms with Gasteiger partial charge in [0.15, 0.2) is 4.34 Å². The molecule has 4 aromatic rings. The topological polar surface area (TPSA) is 102 Å². The first-order chi connectivity index (χ1) is 13.1. The van der Waals surface area contributed by atoms with Gasteiger partial charge in [-0.15, -0.1) is 5.10 Å². The molecule has 0 bridgehead atoms. The van der Waals surface area contributed by atoms with Gasteiger partial charge in [-0.25, -0.2) is 4.98 Å². The van der Waals surface area contributed by atoms with Crippen molar-refractivity contribution in [3.63, 3.8) is 0 Å². The summed E-state index contributed by atoms with van der Waals surface area (Å²) in [6.07, 6.45) is 3.60. The maximum atomic E-state index is 12.2. The number of rotatable bonds is 6. The number of nitrogens with zero attached hydrogens (tertiary/aromatic N) is 7. The first-order valence-electron chi connectivity index (χ1n) is 7.98. The van der Waals surface area contributed by atoms with Gasteiger partial charge in [0, 0.05) is 18.8 Å². The Kier molecular flexibility index (Phi) is 4.97. The van der Waals surface area contributed by atoms with Gasteiger partial charge >= 0.3 is 0 Å². The number of hydrogen-bond acceptors (Lipinski definition) is 10. The highest BCUT2D eigenvalue weighted by molar-refractivity contribution is 8.00. The van der Waals surface area contributed by atoms with Crippen LogP contribution >= 0.6 is 23.1 Å². The van der Waals surface area contributed by atoms with E-state index in [1.165, 1.54) is 33.7 Å². The zero-order valence-electron chi connectivity index (χ0n) is 14.6. The minimum atomic E-state index is -0.185. The molecule has 4 rings (SSSR count). The van der Waals surface area contributed by atoms with E-state index in [0.29, 0.717) is 41.2 Å². The van der Waals surface area contributed by atoms with Gasteiger partial charge in [0.05, 0.1) is 12.2 Å². The Morgan fingerprint density at radius 3 is 2.96 bits per heavy atom. The summed E-state index contributed by atoms with van der Waals surface area (Å²) in [5, 5.41) is 8.18. The van der Waals surface area contributed by atoms with Crippen LogP contribution < -0.4 is 5.56 Å². The third kappa shape index (κ3) is 3.89. The molecule has 0 aliphatic heterocycles. The minimum absolute atomic E-state index is 0.185. The van der Waals surface area contributed by atoms with Crippen LogP contribution in [0.4, 0.5) is 0 Å². The zero-order valence-corrected chi connectivity index (χ0v) is 16.2. The van der Waals surface area contributed by atoms with Gasteiger partial charge in [0.1, 0.15) is 5.69 Å². The van der Waals surface area contributed by atoms with Crippen molar-refractivity contribution < 1.29 is 4.52 Å². The number of pyridine rings is 1. The van der Waals surface area contributed by atoms with Crippen molar-refractivity contribution in [3.8, 4) is 11.5 Å². The summed E-state index contributed by atoms with van der Waals surface area (Å²) in [6.45, 7) is 0.902. The Morgan fingerprint density at radius 1 is 1.30 bits per heavy atom. The molecule has 4 aromatic heterocycles. The van der Waals surface area contributed by atoms with Gasteiger partial charge in [-0.2, -0.15) is 9.50 Å². The van der Waals surface area contributed by atoms with E-state index in [9.17, 15) is 4.79 Å². The molecular formula is C16H15N7O2S2. The van der Waals surface area contributed by atoms with Gasteiger partial charge < -0.3 is 4.52 Å². The van der Waals surface area contributed by atoms with Crippen LogP contribution in [0.5, 0.6) is 0 Å². The number of fused-ring (bicyclic) bond motifs is 1. The second-order valence-corrected chi connectivity index (χ2v) is 7.76. The lowest BCUT2D eigenvalue weighted by molar-refractivity contribution is 0.258. The van der Waals surface area contributed by atoms with Crippen LogP contribution in [0.1, 0.15) is 11.6 Å². The molecule has 0 unspecified atom stereocenters. The molecule has 0 spiro atoms. The van der Waals surface area contributed by atoms with Crippen LogP contribution in [0.2, 0.25) is 0 Å². The van der Waals surface area contributed by atoms with Crippen molar-refractivity contribution >= 4 is 28.1 Å². The van der Waals surface area contributed by atoms with E-state index in [1.807, 2.05) is 36.4 Å². The Hall–Kier alpha value is -2.63. The molecular weight excluding hydrogens is 386 g/mol. The highest BCUT2D eigenvalue weighted by atomic mass is 32.2. The predicted molar refractivity (Wildman–Crippen MR) is 102 cm³/mol. The fourth-order valence-electron chi connectivity index (χ4n) is 2.48. The molecule has 0 atom stereocenters. The summed E-state index contributed by atoms with van der Waals surface area (Å²) >= 11 is 2.88. The van der Waals surface area contributed by atoms with Gasteiger partial charge in [-0.3, -0.25) is 14.7 Å². The average Bonchev–Trinajstić information content (AvgIpc) is 3.29. The lowest BCUT2D eigenvalue weighted by Gasteiger charge is -2.12. The Morgan fingerprint density at radius 2 is 2.19 bits per heavy atom. The molecule has 0 N–H and O–H groups in total. The van der Waals surface area contributed by atoms with Crippen molar-refractivity contribution in [2.45, 2.75) is 17.4 Å². The molecule has 0 aliphatic carbocycles. The Labute approximate surface area is 162 Å². The fraction of sp³-hybridized carbons (Fsp3) is 0.250. The molecule has 0 fully saturated rings. The van der Waals surface area contributed by atoms with E-state index in [0.717, 1.165) is 4.34 Å². The van der Waals surface area contributed by atoms with Gasteiger partial charge in [0.2, 0.25) is 16.7 Å². The quantitative estimate of drug-likeness (QED) is 0.448. The summed E-state index contributed by atoms with van der Waals surface area (Å²) in [5.41, 5.74) is 1.14. The summed E-state index contributed by atoms with van der Waals surface area (Å²) in [4.78, 5) is 27.9. The molecule has 0 aliphatic rings. The Balaban J connectivity index is 1.48. The van der Waals surface area contributed by atoms with Gasteiger partial charge in [-0.1, -0.05) is 34.3 Å². The highest BCUT2D eigenvalue weighted by Crippen LogP contribution is 2.20. The van der Waals surface area contributed by atoms with Crippen molar-refractivity contribution in [2.24, 2.45) is 0 Å². The second-order valence-electron chi connectivity index (χ2n) is 5.75. The highest BCUT2D eigenvalue weighted by Gasteiger charge is 2.14. The van der Waals surface area contributed by atoms with Crippen molar-refractivity contribution in [2.75, 3.05) is 13.3 Å². The third-order valence-electron chi connectivity index (χ3n) is 3.65. The summed E-state index contributed by atoms with van der Waals surface area (Å²) in [6, 6.07) is 7.02. The van der Waals surface area contributed by atoms with Crippen LogP contribution in [0, 0.1) is 0 Å². The standard InChI is InChI=1S/C16H15N7O2S2/c1-22(9-12-19-14(21-25-12)11-5-3-4-6-17-11)8-10-7-13(24)23-15(18-10)27-16(20-23)26-2/h3-7H,8-9H2,1-2H3. The lowest BCUT2D eigenvalue weighted by Crippen LogP contribution is -2.21. The van der Waals surface area contributed by atoms with Crippen LogP contribution in [0.3, 0.4) is 0 Å². The third-order valence-corrected chi connectivity index (χ3v) is 5.54. The zero-order chi connectivity index (χ0) is 18.8. The van der Waals surface area contributed by atoms with Crippen molar-refractivity contribution in [3.05, 3.63) is 52.4 Å². The van der Waals surface area contributed by atoms with Gasteiger partial charge in [0.25, 0.3) is 5.56 Å². The minimum Gasteiger partial charge on any atom is -0.337 e. The van der Waals surface area contributed by atoms with Crippen LogP contribution in [0.25, 0.3) is 16.5 Å². The molecule has 0 saturated heterocycles.